The van der Waals surface area contributed by atoms with E-state index in [4.69, 9.17) is 9.47 Å². The van der Waals surface area contributed by atoms with Crippen LogP contribution in [-0.2, 0) is 9.47 Å². The van der Waals surface area contributed by atoms with E-state index >= 15 is 0 Å². The topological polar surface area (TPSA) is 18.5 Å². The van der Waals surface area contributed by atoms with Gasteiger partial charge in [-0.3, -0.25) is 0 Å². The molecule has 0 radical (unpaired) electrons. The van der Waals surface area contributed by atoms with E-state index in [1.807, 2.05) is 0 Å². The van der Waals surface area contributed by atoms with E-state index in [9.17, 15) is 0 Å². The standard InChI is InChI=1S/C16H32O2/c1-2-3-4-5-6-7-8-9-10-11-12-13-16-17-14-15-18-16/h16H,2-15H2,1H3. The zero-order valence-electron chi connectivity index (χ0n) is 12.3. The maximum atomic E-state index is 5.42. The van der Waals surface area contributed by atoms with Crippen molar-refractivity contribution in [3.05, 3.63) is 0 Å². The van der Waals surface area contributed by atoms with Crippen LogP contribution in [0.5, 0.6) is 0 Å². The molecule has 0 amide bonds. The van der Waals surface area contributed by atoms with Crippen molar-refractivity contribution >= 4 is 0 Å². The van der Waals surface area contributed by atoms with Crippen molar-refractivity contribution in [3.63, 3.8) is 0 Å². The van der Waals surface area contributed by atoms with Crippen LogP contribution in [0.3, 0.4) is 0 Å². The fourth-order valence-corrected chi connectivity index (χ4v) is 2.55. The zero-order chi connectivity index (χ0) is 12.9. The van der Waals surface area contributed by atoms with Gasteiger partial charge in [-0.2, -0.15) is 0 Å². The predicted molar refractivity (Wildman–Crippen MR) is 76.8 cm³/mol. The highest BCUT2D eigenvalue weighted by Crippen LogP contribution is 2.15. The smallest absolute Gasteiger partial charge is 0.157 e. The molecule has 0 N–H and O–H groups in total. The summed E-state index contributed by atoms with van der Waals surface area (Å²) in [5.74, 6) is 0. The van der Waals surface area contributed by atoms with E-state index in [1.165, 1.54) is 70.6 Å². The van der Waals surface area contributed by atoms with Crippen LogP contribution in [0.4, 0.5) is 0 Å². The second-order valence-corrected chi connectivity index (χ2v) is 5.50. The maximum Gasteiger partial charge on any atom is 0.157 e. The quantitative estimate of drug-likeness (QED) is 0.454. The SMILES string of the molecule is CCCCCCCCCCCCCC1OCCO1. The van der Waals surface area contributed by atoms with Crippen LogP contribution in [0.15, 0.2) is 0 Å². The molecule has 1 aliphatic heterocycles. The van der Waals surface area contributed by atoms with Gasteiger partial charge in [0.2, 0.25) is 0 Å². The van der Waals surface area contributed by atoms with Crippen LogP contribution in [0.1, 0.15) is 84.0 Å². The van der Waals surface area contributed by atoms with Gasteiger partial charge >= 0.3 is 0 Å². The summed E-state index contributed by atoms with van der Waals surface area (Å²) in [5.41, 5.74) is 0. The van der Waals surface area contributed by atoms with Crippen molar-refractivity contribution < 1.29 is 9.47 Å². The van der Waals surface area contributed by atoms with Crippen LogP contribution in [0.25, 0.3) is 0 Å². The molecule has 0 atom stereocenters. The van der Waals surface area contributed by atoms with E-state index in [2.05, 4.69) is 6.92 Å². The first-order valence-corrected chi connectivity index (χ1v) is 8.16. The lowest BCUT2D eigenvalue weighted by molar-refractivity contribution is -0.0480. The van der Waals surface area contributed by atoms with E-state index in [1.54, 1.807) is 0 Å². The summed E-state index contributed by atoms with van der Waals surface area (Å²) < 4.78 is 10.8. The summed E-state index contributed by atoms with van der Waals surface area (Å²) in [6, 6.07) is 0. The third-order valence-corrected chi connectivity index (χ3v) is 3.73. The molecule has 18 heavy (non-hydrogen) atoms. The van der Waals surface area contributed by atoms with Crippen LogP contribution in [0.2, 0.25) is 0 Å². The maximum absolute atomic E-state index is 5.42. The van der Waals surface area contributed by atoms with Crippen LogP contribution in [-0.4, -0.2) is 19.5 Å². The van der Waals surface area contributed by atoms with Gasteiger partial charge in [0, 0.05) is 0 Å². The molecule has 0 aromatic rings. The van der Waals surface area contributed by atoms with Gasteiger partial charge in [0.05, 0.1) is 13.2 Å². The van der Waals surface area contributed by atoms with Crippen molar-refractivity contribution in [2.45, 2.75) is 90.3 Å². The molecule has 2 heteroatoms. The molecule has 1 saturated heterocycles. The summed E-state index contributed by atoms with van der Waals surface area (Å²) in [6.45, 7) is 3.87. The molecular weight excluding hydrogens is 224 g/mol. The Kier molecular flexibility index (Phi) is 10.6. The normalized spacial score (nSPS) is 16.5. The lowest BCUT2D eigenvalue weighted by Gasteiger charge is -2.08. The number of unbranched alkanes of at least 4 members (excludes halogenated alkanes) is 10. The number of rotatable bonds is 12. The Hall–Kier alpha value is -0.0800. The Bertz CT molecular complexity index is 164. The van der Waals surface area contributed by atoms with Crippen molar-refractivity contribution in [2.75, 3.05) is 13.2 Å². The Morgan fingerprint density at radius 2 is 1.11 bits per heavy atom. The van der Waals surface area contributed by atoms with Gasteiger partial charge in [-0.05, 0) is 12.8 Å². The molecule has 0 aromatic carbocycles. The van der Waals surface area contributed by atoms with Gasteiger partial charge in [-0.25, -0.2) is 0 Å². The molecule has 0 unspecified atom stereocenters. The van der Waals surface area contributed by atoms with Crippen molar-refractivity contribution in [1.29, 1.82) is 0 Å². The van der Waals surface area contributed by atoms with Gasteiger partial charge in [-0.15, -0.1) is 0 Å². The number of hydrogen-bond acceptors (Lipinski definition) is 2. The van der Waals surface area contributed by atoms with E-state index in [-0.39, 0.29) is 6.29 Å². The summed E-state index contributed by atoms with van der Waals surface area (Å²) >= 11 is 0. The summed E-state index contributed by atoms with van der Waals surface area (Å²) in [4.78, 5) is 0. The fourth-order valence-electron chi connectivity index (χ4n) is 2.55. The summed E-state index contributed by atoms with van der Waals surface area (Å²) in [6.07, 6.45) is 16.6. The Morgan fingerprint density at radius 1 is 0.667 bits per heavy atom. The monoisotopic (exact) mass is 256 g/mol. The van der Waals surface area contributed by atoms with Gasteiger partial charge in [0.1, 0.15) is 0 Å². The lowest BCUT2D eigenvalue weighted by Crippen LogP contribution is -2.06. The van der Waals surface area contributed by atoms with E-state index < -0.39 is 0 Å². The molecule has 0 bridgehead atoms. The van der Waals surface area contributed by atoms with Crippen LogP contribution < -0.4 is 0 Å². The molecule has 2 nitrogen and oxygen atoms in total. The highest BCUT2D eigenvalue weighted by atomic mass is 16.7. The van der Waals surface area contributed by atoms with Crippen molar-refractivity contribution in [3.8, 4) is 0 Å². The van der Waals surface area contributed by atoms with E-state index in [0.29, 0.717) is 0 Å². The third-order valence-electron chi connectivity index (χ3n) is 3.73. The molecule has 1 rings (SSSR count). The Morgan fingerprint density at radius 3 is 1.61 bits per heavy atom. The first kappa shape index (κ1) is 16.0. The molecule has 0 saturated carbocycles. The molecular formula is C16H32O2. The second kappa shape index (κ2) is 12.0. The fraction of sp³-hybridized carbons (Fsp3) is 1.00. The molecule has 1 heterocycles. The van der Waals surface area contributed by atoms with Crippen LogP contribution in [0, 0.1) is 0 Å². The minimum Gasteiger partial charge on any atom is -0.350 e. The molecule has 0 aromatic heterocycles. The van der Waals surface area contributed by atoms with Gasteiger partial charge in [0.15, 0.2) is 6.29 Å². The highest BCUT2D eigenvalue weighted by Gasteiger charge is 2.14. The first-order chi connectivity index (χ1) is 8.93. The minimum absolute atomic E-state index is 0.114. The summed E-state index contributed by atoms with van der Waals surface area (Å²) in [7, 11) is 0. The average molecular weight is 256 g/mol. The molecule has 108 valence electrons. The Labute approximate surface area is 113 Å². The van der Waals surface area contributed by atoms with Gasteiger partial charge in [-0.1, -0.05) is 71.1 Å². The van der Waals surface area contributed by atoms with Crippen LogP contribution >= 0.6 is 0 Å². The largest absolute Gasteiger partial charge is 0.350 e. The average Bonchev–Trinajstić information content (AvgIpc) is 2.89. The number of ether oxygens (including phenoxy) is 2. The Balaban J connectivity index is 1.68. The lowest BCUT2D eigenvalue weighted by atomic mass is 10.1. The molecule has 1 fully saturated rings. The third kappa shape index (κ3) is 8.93. The van der Waals surface area contributed by atoms with Crippen molar-refractivity contribution in [1.82, 2.24) is 0 Å². The first-order valence-electron chi connectivity index (χ1n) is 8.16. The van der Waals surface area contributed by atoms with Gasteiger partial charge in [0.25, 0.3) is 0 Å². The van der Waals surface area contributed by atoms with Gasteiger partial charge < -0.3 is 9.47 Å². The van der Waals surface area contributed by atoms with E-state index in [0.717, 1.165) is 19.6 Å². The zero-order valence-corrected chi connectivity index (χ0v) is 12.3. The molecule has 1 aliphatic rings. The second-order valence-electron chi connectivity index (χ2n) is 5.50. The molecule has 0 aliphatic carbocycles. The summed E-state index contributed by atoms with van der Waals surface area (Å²) in [5, 5.41) is 0. The molecule has 0 spiro atoms. The minimum atomic E-state index is 0.114. The highest BCUT2D eigenvalue weighted by molar-refractivity contribution is 4.53. The van der Waals surface area contributed by atoms with Crippen molar-refractivity contribution in [2.24, 2.45) is 0 Å². The number of hydrogen-bond donors (Lipinski definition) is 0. The predicted octanol–water partition coefficient (Wildman–Crippen LogP) is 5.06.